The summed E-state index contributed by atoms with van der Waals surface area (Å²) in [6.07, 6.45) is -2.54. The van der Waals surface area contributed by atoms with Gasteiger partial charge in [0.2, 0.25) is 5.91 Å². The summed E-state index contributed by atoms with van der Waals surface area (Å²) >= 11 is 0. The highest BCUT2D eigenvalue weighted by Crippen LogP contribution is 2.15. The van der Waals surface area contributed by atoms with Crippen molar-refractivity contribution >= 4 is 17.7 Å². The van der Waals surface area contributed by atoms with Gasteiger partial charge in [0.1, 0.15) is 31.0 Å². The normalized spacial score (nSPS) is 15.9. The van der Waals surface area contributed by atoms with Crippen LogP contribution in [0.25, 0.3) is 0 Å². The summed E-state index contributed by atoms with van der Waals surface area (Å²) in [5.41, 5.74) is 1.03. The van der Waals surface area contributed by atoms with E-state index in [1.54, 1.807) is 6.08 Å². The fourth-order valence-electron chi connectivity index (χ4n) is 3.28. The van der Waals surface area contributed by atoms with Gasteiger partial charge in [-0.15, -0.1) is 0 Å². The molecule has 0 saturated carbocycles. The van der Waals surface area contributed by atoms with Gasteiger partial charge in [0.15, 0.2) is 5.78 Å². The van der Waals surface area contributed by atoms with Crippen molar-refractivity contribution in [2.45, 2.75) is 64.4 Å². The van der Waals surface area contributed by atoms with Crippen LogP contribution in [0.15, 0.2) is 42.5 Å². The lowest BCUT2D eigenvalue weighted by atomic mass is 9.94. The molecule has 1 rings (SSSR count). The van der Waals surface area contributed by atoms with Gasteiger partial charge in [0, 0.05) is 25.9 Å². The van der Waals surface area contributed by atoms with E-state index in [1.807, 2.05) is 44.2 Å². The minimum atomic E-state index is -1.68. The SMILES string of the molecule is CO[C@@H](C(=O)C[C@@H](C)C(=O)NCCOC(=O)CCc1ccccc1)[C@H](O)[C@@H](O)[C@H](O)/C=C/C(C)C. The van der Waals surface area contributed by atoms with Crippen molar-refractivity contribution < 1.29 is 39.2 Å². The molecule has 1 aromatic carbocycles. The Balaban J connectivity index is 2.41. The Morgan fingerprint density at radius 1 is 1.00 bits per heavy atom. The van der Waals surface area contributed by atoms with Gasteiger partial charge < -0.3 is 30.1 Å². The van der Waals surface area contributed by atoms with Crippen LogP contribution in [0.4, 0.5) is 0 Å². The monoisotopic (exact) mass is 493 g/mol. The minimum Gasteiger partial charge on any atom is -0.464 e. The fraction of sp³-hybridized carbons (Fsp3) is 0.577. The molecule has 5 atom stereocenters. The Morgan fingerprint density at radius 2 is 1.66 bits per heavy atom. The third-order valence-electron chi connectivity index (χ3n) is 5.35. The van der Waals surface area contributed by atoms with Crippen molar-refractivity contribution in [3.8, 4) is 0 Å². The molecule has 0 fully saturated rings. The van der Waals surface area contributed by atoms with Gasteiger partial charge in [0.05, 0.1) is 6.54 Å². The molecule has 0 radical (unpaired) electrons. The van der Waals surface area contributed by atoms with Crippen LogP contribution in [-0.2, 0) is 30.3 Å². The van der Waals surface area contributed by atoms with E-state index in [4.69, 9.17) is 9.47 Å². The van der Waals surface area contributed by atoms with Gasteiger partial charge in [-0.2, -0.15) is 0 Å². The fourth-order valence-corrected chi connectivity index (χ4v) is 3.28. The number of nitrogens with one attached hydrogen (secondary N) is 1. The lowest BCUT2D eigenvalue weighted by molar-refractivity contribution is -0.149. The largest absolute Gasteiger partial charge is 0.464 e. The van der Waals surface area contributed by atoms with Gasteiger partial charge in [0.25, 0.3) is 0 Å². The average Bonchev–Trinajstić information content (AvgIpc) is 2.84. The Bertz CT molecular complexity index is 811. The molecular weight excluding hydrogens is 454 g/mol. The third kappa shape index (κ3) is 11.6. The van der Waals surface area contributed by atoms with Crippen LogP contribution in [0.1, 0.15) is 39.2 Å². The van der Waals surface area contributed by atoms with Crippen LogP contribution in [0.2, 0.25) is 0 Å². The zero-order chi connectivity index (χ0) is 26.4. The number of rotatable bonds is 16. The quantitative estimate of drug-likeness (QED) is 0.153. The average molecular weight is 494 g/mol. The van der Waals surface area contributed by atoms with Gasteiger partial charge in [-0.05, 0) is 17.9 Å². The molecule has 1 amide bonds. The molecule has 0 saturated heterocycles. The molecule has 35 heavy (non-hydrogen) atoms. The molecule has 0 aromatic heterocycles. The van der Waals surface area contributed by atoms with E-state index in [0.717, 1.165) is 5.56 Å². The van der Waals surface area contributed by atoms with Crippen molar-refractivity contribution in [1.29, 1.82) is 0 Å². The van der Waals surface area contributed by atoms with Crippen LogP contribution < -0.4 is 5.32 Å². The Hall–Kier alpha value is -2.59. The first-order valence-electron chi connectivity index (χ1n) is 11.8. The number of amides is 1. The summed E-state index contributed by atoms with van der Waals surface area (Å²) in [7, 11) is 1.20. The molecule has 0 aliphatic rings. The maximum Gasteiger partial charge on any atom is 0.306 e. The topological polar surface area (TPSA) is 142 Å². The number of methoxy groups -OCH3 is 1. The van der Waals surface area contributed by atoms with Gasteiger partial charge in [-0.3, -0.25) is 14.4 Å². The number of hydrogen-bond acceptors (Lipinski definition) is 8. The molecule has 0 aliphatic heterocycles. The Kier molecular flexibility index (Phi) is 14.0. The smallest absolute Gasteiger partial charge is 0.306 e. The Morgan fingerprint density at radius 3 is 2.26 bits per heavy atom. The highest BCUT2D eigenvalue weighted by molar-refractivity contribution is 5.89. The van der Waals surface area contributed by atoms with Crippen molar-refractivity contribution in [2.24, 2.45) is 11.8 Å². The molecule has 0 heterocycles. The van der Waals surface area contributed by atoms with Crippen molar-refractivity contribution in [3.05, 3.63) is 48.0 Å². The predicted octanol–water partition coefficient (Wildman–Crippen LogP) is 1.18. The van der Waals surface area contributed by atoms with E-state index in [1.165, 1.54) is 20.1 Å². The molecule has 196 valence electrons. The number of esters is 1. The predicted molar refractivity (Wildman–Crippen MR) is 130 cm³/mol. The number of carbonyl (C=O) groups excluding carboxylic acids is 3. The molecule has 1 aromatic rings. The lowest BCUT2D eigenvalue weighted by Gasteiger charge is -2.27. The van der Waals surface area contributed by atoms with Crippen LogP contribution in [0, 0.1) is 11.8 Å². The zero-order valence-corrected chi connectivity index (χ0v) is 20.9. The minimum absolute atomic E-state index is 0.00736. The molecule has 0 bridgehead atoms. The first kappa shape index (κ1) is 30.4. The second-order valence-corrected chi connectivity index (χ2v) is 8.83. The summed E-state index contributed by atoms with van der Waals surface area (Å²) in [5.74, 6) is -2.00. The number of aliphatic hydroxyl groups is 3. The summed E-state index contributed by atoms with van der Waals surface area (Å²) in [5, 5.41) is 33.1. The zero-order valence-electron chi connectivity index (χ0n) is 20.9. The number of ketones is 1. The molecule has 0 unspecified atom stereocenters. The molecule has 0 aliphatic carbocycles. The number of hydrogen-bond donors (Lipinski definition) is 4. The number of benzene rings is 1. The highest BCUT2D eigenvalue weighted by Gasteiger charge is 2.36. The number of aryl methyl sites for hydroxylation is 1. The van der Waals surface area contributed by atoms with Gasteiger partial charge in [-0.1, -0.05) is 63.3 Å². The molecule has 9 nitrogen and oxygen atoms in total. The van der Waals surface area contributed by atoms with Gasteiger partial charge >= 0.3 is 5.97 Å². The number of allylic oxidation sites excluding steroid dienone is 1. The second-order valence-electron chi connectivity index (χ2n) is 8.83. The van der Waals surface area contributed by atoms with E-state index in [0.29, 0.717) is 6.42 Å². The van der Waals surface area contributed by atoms with Crippen LogP contribution >= 0.6 is 0 Å². The van der Waals surface area contributed by atoms with Crippen molar-refractivity contribution in [3.63, 3.8) is 0 Å². The first-order chi connectivity index (χ1) is 16.6. The number of ether oxygens (including phenoxy) is 2. The summed E-state index contributed by atoms with van der Waals surface area (Å²) in [4.78, 5) is 36.7. The second kappa shape index (κ2) is 16.1. The summed E-state index contributed by atoms with van der Waals surface area (Å²) < 4.78 is 10.2. The van der Waals surface area contributed by atoms with Crippen LogP contribution in [-0.4, -0.2) is 77.7 Å². The summed E-state index contributed by atoms with van der Waals surface area (Å²) in [6, 6.07) is 9.55. The number of carbonyl (C=O) groups is 3. The van der Waals surface area contributed by atoms with E-state index in [2.05, 4.69) is 5.32 Å². The number of Topliss-reactive ketones (excluding diaryl/α,β-unsaturated/α-hetero) is 1. The number of aliphatic hydroxyl groups excluding tert-OH is 3. The van der Waals surface area contributed by atoms with Crippen LogP contribution in [0.3, 0.4) is 0 Å². The van der Waals surface area contributed by atoms with E-state index in [-0.39, 0.29) is 37.9 Å². The maximum atomic E-state index is 12.6. The third-order valence-corrected chi connectivity index (χ3v) is 5.35. The lowest BCUT2D eigenvalue weighted by Crippen LogP contribution is -2.48. The standard InChI is InChI=1S/C26H39NO8/c1-17(2)10-12-20(28)23(31)24(32)25(34-4)21(29)16-18(3)26(33)27-14-15-35-22(30)13-11-19-8-6-5-7-9-19/h5-10,12,17-18,20,23-25,28,31-32H,11,13-16H2,1-4H3,(H,27,33)/b12-10+/t18-,20-,23+,24-,25+/m1/s1. The van der Waals surface area contributed by atoms with Gasteiger partial charge in [-0.25, -0.2) is 0 Å². The molecule has 4 N–H and O–H groups in total. The van der Waals surface area contributed by atoms with Crippen molar-refractivity contribution in [1.82, 2.24) is 5.32 Å². The van der Waals surface area contributed by atoms with E-state index < -0.39 is 42.0 Å². The first-order valence-corrected chi connectivity index (χ1v) is 11.8. The maximum absolute atomic E-state index is 12.6. The Labute approximate surface area is 207 Å². The molecular formula is C26H39NO8. The highest BCUT2D eigenvalue weighted by atomic mass is 16.5. The summed E-state index contributed by atoms with van der Waals surface area (Å²) in [6.45, 7) is 5.41. The van der Waals surface area contributed by atoms with E-state index in [9.17, 15) is 29.7 Å². The molecule has 9 heteroatoms. The van der Waals surface area contributed by atoms with E-state index >= 15 is 0 Å². The van der Waals surface area contributed by atoms with Crippen molar-refractivity contribution in [2.75, 3.05) is 20.3 Å². The van der Waals surface area contributed by atoms with Crippen LogP contribution in [0.5, 0.6) is 0 Å². The molecule has 0 spiro atoms.